The second-order valence-electron chi connectivity index (χ2n) is 5.74. The molecule has 2 aromatic rings. The fourth-order valence-electron chi connectivity index (χ4n) is 2.84. The van der Waals surface area contributed by atoms with Crippen LogP contribution in [0.15, 0.2) is 24.3 Å². The Labute approximate surface area is 172 Å². The quantitative estimate of drug-likeness (QED) is 0.282. The highest BCUT2D eigenvalue weighted by Crippen LogP contribution is 2.53. The number of phenols is 1. The van der Waals surface area contributed by atoms with Crippen molar-refractivity contribution in [3.05, 3.63) is 45.5 Å². The molecule has 0 fully saturated rings. The van der Waals surface area contributed by atoms with Gasteiger partial charge in [0.1, 0.15) is 5.56 Å². The van der Waals surface area contributed by atoms with Crippen LogP contribution in [0.4, 0.5) is 5.69 Å². The molecule has 0 aliphatic carbocycles. The van der Waals surface area contributed by atoms with Gasteiger partial charge < -0.3 is 28.8 Å². The van der Waals surface area contributed by atoms with Gasteiger partial charge in [0, 0.05) is 6.07 Å². The first-order chi connectivity index (χ1) is 14.3. The molecule has 2 rings (SSSR count). The van der Waals surface area contributed by atoms with E-state index < -0.39 is 16.5 Å². The standard InChI is InChI=1S/C20H21NO9/c1-26-14-9-7-11(10-12(14)21(24)25)6-8-13(22)15-16(23)18(28-3)20(30-5)19(29-4)17(15)27-2/h6-10,23H,1-5H3/b8-6+. The highest BCUT2D eigenvalue weighted by atomic mass is 16.6. The molecule has 1 N–H and O–H groups in total. The molecule has 0 atom stereocenters. The molecular formula is C20H21NO9. The molecule has 0 amide bonds. The maximum absolute atomic E-state index is 12.9. The Morgan fingerprint density at radius 2 is 1.50 bits per heavy atom. The maximum Gasteiger partial charge on any atom is 0.311 e. The van der Waals surface area contributed by atoms with Crippen molar-refractivity contribution < 1.29 is 38.5 Å². The predicted molar refractivity (Wildman–Crippen MR) is 107 cm³/mol. The smallest absolute Gasteiger partial charge is 0.311 e. The number of phenolic OH excluding ortho intramolecular Hbond substituents is 1. The van der Waals surface area contributed by atoms with Gasteiger partial charge in [-0.25, -0.2) is 0 Å². The lowest BCUT2D eigenvalue weighted by Crippen LogP contribution is -2.06. The molecule has 0 saturated heterocycles. The Kier molecular flexibility index (Phi) is 7.08. The van der Waals surface area contributed by atoms with Gasteiger partial charge in [0.05, 0.1) is 40.5 Å². The molecule has 0 unspecified atom stereocenters. The van der Waals surface area contributed by atoms with Crippen molar-refractivity contribution >= 4 is 17.5 Å². The van der Waals surface area contributed by atoms with Crippen LogP contribution in [-0.4, -0.2) is 51.4 Å². The number of nitro benzene ring substituents is 1. The zero-order valence-electron chi connectivity index (χ0n) is 17.0. The summed E-state index contributed by atoms with van der Waals surface area (Å²) in [6, 6.07) is 4.22. The summed E-state index contributed by atoms with van der Waals surface area (Å²) in [4.78, 5) is 23.4. The van der Waals surface area contributed by atoms with Crippen molar-refractivity contribution in [2.75, 3.05) is 35.5 Å². The minimum Gasteiger partial charge on any atom is -0.504 e. The van der Waals surface area contributed by atoms with Crippen molar-refractivity contribution in [2.45, 2.75) is 0 Å². The lowest BCUT2D eigenvalue weighted by atomic mass is 10.0. The average molecular weight is 419 g/mol. The molecule has 0 aliphatic heterocycles. The number of aromatic hydroxyl groups is 1. The number of carbonyl (C=O) groups is 1. The van der Waals surface area contributed by atoms with Gasteiger partial charge in [-0.05, 0) is 17.7 Å². The number of ether oxygens (including phenoxy) is 5. The van der Waals surface area contributed by atoms with Crippen LogP contribution in [0.5, 0.6) is 34.5 Å². The van der Waals surface area contributed by atoms with Gasteiger partial charge in [0.15, 0.2) is 23.0 Å². The lowest BCUT2D eigenvalue weighted by molar-refractivity contribution is -0.385. The summed E-state index contributed by atoms with van der Waals surface area (Å²) in [6.07, 6.45) is 2.49. The third-order valence-corrected chi connectivity index (χ3v) is 4.19. The van der Waals surface area contributed by atoms with Gasteiger partial charge in [-0.2, -0.15) is 0 Å². The van der Waals surface area contributed by atoms with Crippen molar-refractivity contribution in [3.63, 3.8) is 0 Å². The third-order valence-electron chi connectivity index (χ3n) is 4.19. The van der Waals surface area contributed by atoms with E-state index in [4.69, 9.17) is 23.7 Å². The number of ketones is 1. The summed E-state index contributed by atoms with van der Waals surface area (Å²) in [5.74, 6) is -1.10. The summed E-state index contributed by atoms with van der Waals surface area (Å²) in [6.45, 7) is 0. The van der Waals surface area contributed by atoms with E-state index in [9.17, 15) is 20.0 Å². The summed E-state index contributed by atoms with van der Waals surface area (Å²) in [5, 5.41) is 21.8. The van der Waals surface area contributed by atoms with E-state index >= 15 is 0 Å². The fraction of sp³-hybridized carbons (Fsp3) is 0.250. The molecule has 0 radical (unpaired) electrons. The third kappa shape index (κ3) is 4.07. The van der Waals surface area contributed by atoms with Gasteiger partial charge in [-0.15, -0.1) is 0 Å². The molecular weight excluding hydrogens is 398 g/mol. The molecule has 0 heterocycles. The van der Waals surface area contributed by atoms with E-state index in [1.54, 1.807) is 6.07 Å². The van der Waals surface area contributed by atoms with E-state index in [0.29, 0.717) is 5.56 Å². The van der Waals surface area contributed by atoms with E-state index in [2.05, 4.69) is 0 Å². The number of hydrogen-bond acceptors (Lipinski definition) is 9. The molecule has 160 valence electrons. The average Bonchev–Trinajstić information content (AvgIpc) is 2.75. The van der Waals surface area contributed by atoms with Crippen molar-refractivity contribution in [3.8, 4) is 34.5 Å². The Hall–Kier alpha value is -3.95. The normalized spacial score (nSPS) is 10.6. The minimum atomic E-state index is -0.651. The molecule has 0 aromatic heterocycles. The molecule has 30 heavy (non-hydrogen) atoms. The summed E-state index contributed by atoms with van der Waals surface area (Å²) < 4.78 is 25.8. The van der Waals surface area contributed by atoms with Gasteiger partial charge in [0.25, 0.3) is 0 Å². The van der Waals surface area contributed by atoms with Crippen LogP contribution in [0.1, 0.15) is 15.9 Å². The molecule has 2 aromatic carbocycles. The highest BCUT2D eigenvalue weighted by Gasteiger charge is 2.30. The van der Waals surface area contributed by atoms with Crippen molar-refractivity contribution in [1.82, 2.24) is 0 Å². The number of nitrogens with zero attached hydrogens (tertiary/aromatic N) is 1. The first kappa shape index (κ1) is 22.3. The van der Waals surface area contributed by atoms with Crippen LogP contribution < -0.4 is 23.7 Å². The maximum atomic E-state index is 12.9. The Bertz CT molecular complexity index is 999. The largest absolute Gasteiger partial charge is 0.504 e. The number of methoxy groups -OCH3 is 5. The minimum absolute atomic E-state index is 0.0528. The first-order valence-corrected chi connectivity index (χ1v) is 8.48. The van der Waals surface area contributed by atoms with Crippen LogP contribution in [0, 0.1) is 10.1 Å². The highest BCUT2D eigenvalue weighted by molar-refractivity contribution is 6.12. The van der Waals surface area contributed by atoms with Gasteiger partial charge >= 0.3 is 5.69 Å². The lowest BCUT2D eigenvalue weighted by Gasteiger charge is -2.19. The van der Waals surface area contributed by atoms with Crippen LogP contribution in [0.2, 0.25) is 0 Å². The molecule has 0 bridgehead atoms. The Balaban J connectivity index is 2.56. The van der Waals surface area contributed by atoms with Gasteiger partial charge in [0.2, 0.25) is 17.2 Å². The van der Waals surface area contributed by atoms with E-state index in [0.717, 1.165) is 6.08 Å². The second-order valence-corrected chi connectivity index (χ2v) is 5.74. The monoisotopic (exact) mass is 419 g/mol. The van der Waals surface area contributed by atoms with E-state index in [1.807, 2.05) is 0 Å². The molecule has 0 aliphatic rings. The Morgan fingerprint density at radius 1 is 0.933 bits per heavy atom. The van der Waals surface area contributed by atoms with Crippen LogP contribution in [0.25, 0.3) is 6.08 Å². The SMILES string of the molecule is COc1ccc(/C=C/C(=O)c2c(O)c(OC)c(OC)c(OC)c2OC)cc1[N+](=O)[O-]. The Morgan fingerprint density at radius 3 is 2.00 bits per heavy atom. The molecule has 10 nitrogen and oxygen atoms in total. The molecule has 0 spiro atoms. The van der Waals surface area contributed by atoms with Gasteiger partial charge in [-0.1, -0.05) is 12.1 Å². The fourth-order valence-corrected chi connectivity index (χ4v) is 2.84. The summed E-state index contributed by atoms with van der Waals surface area (Å²) in [7, 11) is 6.61. The van der Waals surface area contributed by atoms with Crippen LogP contribution in [0.3, 0.4) is 0 Å². The zero-order chi connectivity index (χ0) is 22.4. The first-order valence-electron chi connectivity index (χ1n) is 8.48. The van der Waals surface area contributed by atoms with Crippen molar-refractivity contribution in [1.29, 1.82) is 0 Å². The number of rotatable bonds is 9. The zero-order valence-corrected chi connectivity index (χ0v) is 17.0. The summed E-state index contributed by atoms with van der Waals surface area (Å²) in [5.41, 5.74) is -0.0895. The number of hydrogen-bond donors (Lipinski definition) is 1. The van der Waals surface area contributed by atoms with Gasteiger partial charge in [-0.3, -0.25) is 14.9 Å². The molecule has 0 saturated carbocycles. The number of benzene rings is 2. The van der Waals surface area contributed by atoms with Crippen molar-refractivity contribution in [2.24, 2.45) is 0 Å². The predicted octanol–water partition coefficient (Wildman–Crippen LogP) is 3.24. The van der Waals surface area contributed by atoms with Crippen LogP contribution >= 0.6 is 0 Å². The second kappa shape index (κ2) is 9.50. The number of nitro groups is 1. The van der Waals surface area contributed by atoms with Crippen LogP contribution in [-0.2, 0) is 0 Å². The number of carbonyl (C=O) groups excluding carboxylic acids is 1. The molecule has 10 heteroatoms. The van der Waals surface area contributed by atoms with E-state index in [1.165, 1.54) is 53.8 Å². The topological polar surface area (TPSA) is 127 Å². The van der Waals surface area contributed by atoms with E-state index in [-0.39, 0.29) is 40.0 Å². The number of allylic oxidation sites excluding steroid dienone is 1. The summed E-state index contributed by atoms with van der Waals surface area (Å²) >= 11 is 0.